The summed E-state index contributed by atoms with van der Waals surface area (Å²) in [6.07, 6.45) is -2.00. The van der Waals surface area contributed by atoms with Crippen LogP contribution >= 0.6 is 0 Å². The average Bonchev–Trinajstić information content (AvgIpc) is 2.55. The van der Waals surface area contributed by atoms with Gasteiger partial charge in [0.2, 0.25) is 5.91 Å². The van der Waals surface area contributed by atoms with E-state index < -0.39 is 17.6 Å². The molecule has 0 saturated carbocycles. The summed E-state index contributed by atoms with van der Waals surface area (Å²) in [4.78, 5) is 16.2. The smallest absolute Gasteiger partial charge is 0.325 e. The Labute approximate surface area is 144 Å². The number of aromatic nitrogens is 1. The number of anilines is 1. The lowest BCUT2D eigenvalue weighted by Gasteiger charge is -2.16. The van der Waals surface area contributed by atoms with E-state index in [1.165, 1.54) is 18.2 Å². The SMILES string of the molecule is CC(CC(=O)Nc1ccccc1C(F)(F)F)NCCc1ccccn1. The molecule has 0 aliphatic rings. The standard InChI is InChI=1S/C18H20F3N3O/c1-13(22-11-9-14-6-4-5-10-23-14)12-17(25)24-16-8-3-2-7-15(16)18(19,20)21/h2-8,10,13,22H,9,11-12H2,1H3,(H,24,25). The van der Waals surface area contributed by atoms with Gasteiger partial charge in [0.1, 0.15) is 0 Å². The minimum Gasteiger partial charge on any atom is -0.325 e. The number of amides is 1. The lowest BCUT2D eigenvalue weighted by Crippen LogP contribution is -2.32. The molecule has 1 atom stereocenters. The third kappa shape index (κ3) is 6.19. The zero-order valence-corrected chi connectivity index (χ0v) is 13.8. The fraction of sp³-hybridized carbons (Fsp3) is 0.333. The summed E-state index contributed by atoms with van der Waals surface area (Å²) in [5.41, 5.74) is -0.134. The van der Waals surface area contributed by atoms with Crippen LogP contribution in [0, 0.1) is 0 Å². The molecule has 0 saturated heterocycles. The molecular weight excluding hydrogens is 331 g/mol. The number of rotatable bonds is 7. The Morgan fingerprint density at radius 2 is 1.88 bits per heavy atom. The number of hydrogen-bond acceptors (Lipinski definition) is 3. The molecule has 1 heterocycles. The second-order valence-electron chi connectivity index (χ2n) is 5.72. The van der Waals surface area contributed by atoms with Crippen molar-refractivity contribution in [2.75, 3.05) is 11.9 Å². The molecule has 0 spiro atoms. The molecule has 4 nitrogen and oxygen atoms in total. The Bertz CT molecular complexity index is 689. The Morgan fingerprint density at radius 3 is 2.56 bits per heavy atom. The second-order valence-corrected chi connectivity index (χ2v) is 5.72. The summed E-state index contributed by atoms with van der Waals surface area (Å²) in [5.74, 6) is -0.463. The summed E-state index contributed by atoms with van der Waals surface area (Å²) >= 11 is 0. The van der Waals surface area contributed by atoms with Crippen LogP contribution in [0.25, 0.3) is 0 Å². The first-order valence-corrected chi connectivity index (χ1v) is 7.95. The number of alkyl halides is 3. The number of carbonyl (C=O) groups is 1. The van der Waals surface area contributed by atoms with E-state index in [4.69, 9.17) is 0 Å². The predicted octanol–water partition coefficient (Wildman–Crippen LogP) is 3.65. The molecule has 25 heavy (non-hydrogen) atoms. The van der Waals surface area contributed by atoms with Gasteiger partial charge in [-0.05, 0) is 31.2 Å². The van der Waals surface area contributed by atoms with Crippen molar-refractivity contribution in [3.8, 4) is 0 Å². The summed E-state index contributed by atoms with van der Waals surface area (Å²) in [6.45, 7) is 2.44. The molecule has 1 aromatic heterocycles. The largest absolute Gasteiger partial charge is 0.418 e. The number of carbonyl (C=O) groups excluding carboxylic acids is 1. The van der Waals surface area contributed by atoms with Crippen molar-refractivity contribution in [1.29, 1.82) is 0 Å². The molecule has 0 radical (unpaired) electrons. The van der Waals surface area contributed by atoms with Crippen molar-refractivity contribution in [1.82, 2.24) is 10.3 Å². The van der Waals surface area contributed by atoms with E-state index in [-0.39, 0.29) is 18.2 Å². The van der Waals surface area contributed by atoms with Gasteiger partial charge in [-0.15, -0.1) is 0 Å². The minimum absolute atomic E-state index is 0.0778. The molecule has 0 aliphatic heterocycles. The van der Waals surface area contributed by atoms with Crippen LogP contribution in [-0.4, -0.2) is 23.5 Å². The van der Waals surface area contributed by atoms with E-state index in [0.717, 1.165) is 11.8 Å². The van der Waals surface area contributed by atoms with Crippen molar-refractivity contribution in [3.05, 3.63) is 59.9 Å². The lowest BCUT2D eigenvalue weighted by molar-refractivity contribution is -0.137. The average molecular weight is 351 g/mol. The predicted molar refractivity (Wildman–Crippen MR) is 90.1 cm³/mol. The van der Waals surface area contributed by atoms with Gasteiger partial charge in [0.25, 0.3) is 0 Å². The van der Waals surface area contributed by atoms with E-state index in [2.05, 4.69) is 15.6 Å². The molecule has 2 aromatic rings. The van der Waals surface area contributed by atoms with Crippen LogP contribution in [0.3, 0.4) is 0 Å². The van der Waals surface area contributed by atoms with Crippen LogP contribution in [0.1, 0.15) is 24.6 Å². The lowest BCUT2D eigenvalue weighted by atomic mass is 10.1. The van der Waals surface area contributed by atoms with Crippen LogP contribution in [0.4, 0.5) is 18.9 Å². The first-order chi connectivity index (χ1) is 11.9. The second kappa shape index (κ2) is 8.62. The van der Waals surface area contributed by atoms with E-state index in [9.17, 15) is 18.0 Å². The van der Waals surface area contributed by atoms with Crippen LogP contribution in [0.2, 0.25) is 0 Å². The number of halogens is 3. The molecule has 0 bridgehead atoms. The molecule has 1 amide bonds. The Balaban J connectivity index is 1.82. The summed E-state index contributed by atoms with van der Waals surface area (Å²) in [7, 11) is 0. The first-order valence-electron chi connectivity index (χ1n) is 7.95. The van der Waals surface area contributed by atoms with Crippen molar-refractivity contribution in [2.24, 2.45) is 0 Å². The zero-order chi connectivity index (χ0) is 18.3. The zero-order valence-electron chi connectivity index (χ0n) is 13.8. The van der Waals surface area contributed by atoms with Crippen molar-refractivity contribution >= 4 is 11.6 Å². The van der Waals surface area contributed by atoms with Crippen molar-refractivity contribution < 1.29 is 18.0 Å². The number of pyridine rings is 1. The maximum Gasteiger partial charge on any atom is 0.418 e. The van der Waals surface area contributed by atoms with Gasteiger partial charge in [0, 0.05) is 37.3 Å². The molecule has 2 rings (SSSR count). The van der Waals surface area contributed by atoms with E-state index >= 15 is 0 Å². The van der Waals surface area contributed by atoms with Gasteiger partial charge in [-0.3, -0.25) is 9.78 Å². The third-order valence-corrected chi connectivity index (χ3v) is 3.60. The van der Waals surface area contributed by atoms with Gasteiger partial charge in [-0.25, -0.2) is 0 Å². The van der Waals surface area contributed by atoms with Crippen LogP contribution in [0.15, 0.2) is 48.7 Å². The molecule has 0 fully saturated rings. The highest BCUT2D eigenvalue weighted by atomic mass is 19.4. The minimum atomic E-state index is -4.50. The Hall–Kier alpha value is -2.41. The first kappa shape index (κ1) is 18.9. The molecular formula is C18H20F3N3O. The fourth-order valence-corrected chi connectivity index (χ4v) is 2.38. The normalized spacial score (nSPS) is 12.6. The Morgan fingerprint density at radius 1 is 1.16 bits per heavy atom. The highest BCUT2D eigenvalue weighted by molar-refractivity contribution is 5.92. The van der Waals surface area contributed by atoms with E-state index in [0.29, 0.717) is 13.0 Å². The van der Waals surface area contributed by atoms with Gasteiger partial charge in [-0.1, -0.05) is 18.2 Å². The molecule has 1 aromatic carbocycles. The maximum absolute atomic E-state index is 12.9. The fourth-order valence-electron chi connectivity index (χ4n) is 2.38. The molecule has 1 unspecified atom stereocenters. The number of para-hydroxylation sites is 1. The topological polar surface area (TPSA) is 54.0 Å². The van der Waals surface area contributed by atoms with Gasteiger partial charge in [0.05, 0.1) is 11.3 Å². The molecule has 2 N–H and O–H groups in total. The van der Waals surface area contributed by atoms with Gasteiger partial charge >= 0.3 is 6.18 Å². The van der Waals surface area contributed by atoms with Crippen LogP contribution in [-0.2, 0) is 17.4 Å². The van der Waals surface area contributed by atoms with Crippen LogP contribution in [0.5, 0.6) is 0 Å². The maximum atomic E-state index is 12.9. The highest BCUT2D eigenvalue weighted by Crippen LogP contribution is 2.34. The summed E-state index contributed by atoms with van der Waals surface area (Å²) in [5, 5.41) is 5.51. The van der Waals surface area contributed by atoms with Gasteiger partial charge in [0.15, 0.2) is 0 Å². The number of nitrogens with one attached hydrogen (secondary N) is 2. The van der Waals surface area contributed by atoms with Crippen molar-refractivity contribution in [2.45, 2.75) is 32.0 Å². The molecule has 7 heteroatoms. The quantitative estimate of drug-likeness (QED) is 0.801. The number of benzene rings is 1. The molecule has 134 valence electrons. The summed E-state index contributed by atoms with van der Waals surface area (Å²) in [6, 6.07) is 10.4. The third-order valence-electron chi connectivity index (χ3n) is 3.60. The highest BCUT2D eigenvalue weighted by Gasteiger charge is 2.33. The number of nitrogens with zero attached hydrogens (tertiary/aromatic N) is 1. The van der Waals surface area contributed by atoms with E-state index in [1.807, 2.05) is 25.1 Å². The monoisotopic (exact) mass is 351 g/mol. The van der Waals surface area contributed by atoms with Gasteiger partial charge in [-0.2, -0.15) is 13.2 Å². The molecule has 0 aliphatic carbocycles. The number of hydrogen-bond donors (Lipinski definition) is 2. The van der Waals surface area contributed by atoms with E-state index in [1.54, 1.807) is 6.20 Å². The van der Waals surface area contributed by atoms with Crippen LogP contribution < -0.4 is 10.6 Å². The van der Waals surface area contributed by atoms with Gasteiger partial charge < -0.3 is 10.6 Å². The van der Waals surface area contributed by atoms with Crippen molar-refractivity contribution in [3.63, 3.8) is 0 Å². The Kier molecular flexibility index (Phi) is 6.52. The summed E-state index contributed by atoms with van der Waals surface area (Å²) < 4.78 is 38.8.